The lowest BCUT2D eigenvalue weighted by Gasteiger charge is -2.46. The number of ether oxygens (including phenoxy) is 1. The minimum Gasteiger partial charge on any atom is -0.375 e. The normalized spacial score (nSPS) is 20.6. The van der Waals surface area contributed by atoms with Gasteiger partial charge < -0.3 is 18.7 Å². The van der Waals surface area contributed by atoms with Crippen molar-refractivity contribution in [3.8, 4) is 11.4 Å². The molecule has 3 aromatic rings. The van der Waals surface area contributed by atoms with E-state index in [0.29, 0.717) is 54.3 Å². The van der Waals surface area contributed by atoms with E-state index in [4.69, 9.17) is 13.8 Å². The fourth-order valence-electron chi connectivity index (χ4n) is 4.91. The van der Waals surface area contributed by atoms with Gasteiger partial charge in [-0.3, -0.25) is 9.78 Å². The van der Waals surface area contributed by atoms with E-state index in [2.05, 4.69) is 20.3 Å². The first kappa shape index (κ1) is 20.8. The lowest BCUT2D eigenvalue weighted by atomic mass is 9.78. The lowest BCUT2D eigenvalue weighted by Crippen LogP contribution is -2.51. The molecule has 32 heavy (non-hydrogen) atoms. The predicted octanol–water partition coefficient (Wildman–Crippen LogP) is 3.38. The molecule has 2 aliphatic rings. The van der Waals surface area contributed by atoms with Crippen molar-refractivity contribution in [2.45, 2.75) is 51.6 Å². The fourth-order valence-corrected chi connectivity index (χ4v) is 4.91. The highest BCUT2D eigenvalue weighted by Gasteiger charge is 2.42. The third kappa shape index (κ3) is 4.04. The largest absolute Gasteiger partial charge is 0.375 e. The Bertz CT molecular complexity index is 1070. The zero-order valence-corrected chi connectivity index (χ0v) is 18.4. The number of hydrogen-bond donors (Lipinski definition) is 0. The van der Waals surface area contributed by atoms with Crippen LogP contribution in [0, 0.1) is 19.8 Å². The Morgan fingerprint density at radius 1 is 1.22 bits per heavy atom. The molecule has 0 aromatic carbocycles. The molecule has 0 radical (unpaired) electrons. The average molecular weight is 438 g/mol. The molecule has 2 aliphatic heterocycles. The Hall–Kier alpha value is -3.07. The van der Waals surface area contributed by atoms with E-state index >= 15 is 0 Å². The number of carbonyl (C=O) groups excluding carboxylic acids is 1. The molecule has 0 saturated carbocycles. The topological polar surface area (TPSA) is 107 Å². The van der Waals surface area contributed by atoms with E-state index in [0.717, 1.165) is 37.7 Å². The first-order chi connectivity index (χ1) is 15.5. The summed E-state index contributed by atoms with van der Waals surface area (Å²) in [5.74, 6) is 2.21. The Labute approximate surface area is 186 Å². The third-order valence-corrected chi connectivity index (χ3v) is 6.66. The molecule has 2 saturated heterocycles. The number of aromatic nitrogens is 4. The van der Waals surface area contributed by atoms with Crippen molar-refractivity contribution in [2.24, 2.45) is 5.92 Å². The molecule has 9 nitrogen and oxygen atoms in total. The van der Waals surface area contributed by atoms with Crippen molar-refractivity contribution in [1.82, 2.24) is 25.2 Å². The van der Waals surface area contributed by atoms with Gasteiger partial charge in [0.1, 0.15) is 11.3 Å². The molecule has 2 fully saturated rings. The lowest BCUT2D eigenvalue weighted by molar-refractivity contribution is -0.124. The number of pyridine rings is 1. The van der Waals surface area contributed by atoms with Gasteiger partial charge in [-0.2, -0.15) is 4.98 Å². The van der Waals surface area contributed by atoms with Gasteiger partial charge in [-0.05, 0) is 57.6 Å². The Kier molecular flexibility index (Phi) is 5.50. The molecule has 0 N–H and O–H groups in total. The Morgan fingerprint density at radius 3 is 2.78 bits per heavy atom. The third-order valence-electron chi connectivity index (χ3n) is 6.66. The van der Waals surface area contributed by atoms with Crippen LogP contribution in [0.15, 0.2) is 33.6 Å². The van der Waals surface area contributed by atoms with Gasteiger partial charge in [0.2, 0.25) is 11.7 Å². The van der Waals surface area contributed by atoms with Crippen molar-refractivity contribution < 1.29 is 18.6 Å². The van der Waals surface area contributed by atoms with Gasteiger partial charge in [0.05, 0.1) is 11.3 Å². The SMILES string of the molecule is Cc1noc(C)c1C(=O)N1CCC2(CC1)CC(Cc1nc(-c3cccnc3)no1)CCO2. The van der Waals surface area contributed by atoms with Crippen LogP contribution in [0.25, 0.3) is 11.4 Å². The van der Waals surface area contributed by atoms with Crippen molar-refractivity contribution in [3.63, 3.8) is 0 Å². The van der Waals surface area contributed by atoms with E-state index in [-0.39, 0.29) is 11.5 Å². The van der Waals surface area contributed by atoms with E-state index < -0.39 is 0 Å². The number of amides is 1. The molecular formula is C23H27N5O4. The number of nitrogens with zero attached hydrogens (tertiary/aromatic N) is 5. The van der Waals surface area contributed by atoms with Crippen LogP contribution in [0.2, 0.25) is 0 Å². The zero-order chi connectivity index (χ0) is 22.1. The summed E-state index contributed by atoms with van der Waals surface area (Å²) >= 11 is 0. The molecular weight excluding hydrogens is 410 g/mol. The fraction of sp³-hybridized carbons (Fsp3) is 0.522. The second-order valence-electron chi connectivity index (χ2n) is 8.84. The molecule has 1 spiro atoms. The van der Waals surface area contributed by atoms with Crippen LogP contribution in [0.4, 0.5) is 0 Å². The van der Waals surface area contributed by atoms with Crippen LogP contribution in [0.3, 0.4) is 0 Å². The van der Waals surface area contributed by atoms with Gasteiger partial charge in [-0.1, -0.05) is 10.3 Å². The van der Waals surface area contributed by atoms with Gasteiger partial charge in [-0.15, -0.1) is 0 Å². The second-order valence-corrected chi connectivity index (χ2v) is 8.84. The number of aryl methyl sites for hydroxylation is 2. The molecule has 1 unspecified atom stereocenters. The van der Waals surface area contributed by atoms with Crippen LogP contribution in [-0.4, -0.2) is 56.4 Å². The number of hydrogen-bond acceptors (Lipinski definition) is 8. The second kappa shape index (κ2) is 8.46. The highest BCUT2D eigenvalue weighted by molar-refractivity contribution is 5.96. The number of piperidine rings is 1. The van der Waals surface area contributed by atoms with Gasteiger partial charge in [0.25, 0.3) is 5.91 Å². The average Bonchev–Trinajstić information content (AvgIpc) is 3.41. The summed E-state index contributed by atoms with van der Waals surface area (Å²) < 4.78 is 17.0. The molecule has 1 atom stereocenters. The van der Waals surface area contributed by atoms with E-state index in [9.17, 15) is 4.79 Å². The van der Waals surface area contributed by atoms with E-state index in [1.54, 1.807) is 26.2 Å². The summed E-state index contributed by atoms with van der Waals surface area (Å²) in [6, 6.07) is 3.78. The van der Waals surface area contributed by atoms with E-state index in [1.807, 2.05) is 17.0 Å². The number of rotatable bonds is 4. The smallest absolute Gasteiger partial charge is 0.259 e. The van der Waals surface area contributed by atoms with Crippen LogP contribution in [0.5, 0.6) is 0 Å². The monoisotopic (exact) mass is 437 g/mol. The van der Waals surface area contributed by atoms with Crippen molar-refractivity contribution >= 4 is 5.91 Å². The Balaban J connectivity index is 1.20. The predicted molar refractivity (Wildman–Crippen MR) is 114 cm³/mol. The van der Waals surface area contributed by atoms with Crippen LogP contribution >= 0.6 is 0 Å². The first-order valence-corrected chi connectivity index (χ1v) is 11.1. The number of likely N-dealkylation sites (tertiary alicyclic amines) is 1. The molecule has 3 aromatic heterocycles. The quantitative estimate of drug-likeness (QED) is 0.611. The van der Waals surface area contributed by atoms with Gasteiger partial charge in [0.15, 0.2) is 0 Å². The highest BCUT2D eigenvalue weighted by atomic mass is 16.5. The maximum Gasteiger partial charge on any atom is 0.259 e. The van der Waals surface area contributed by atoms with Crippen molar-refractivity contribution in [1.29, 1.82) is 0 Å². The molecule has 9 heteroatoms. The molecule has 5 rings (SSSR count). The van der Waals surface area contributed by atoms with Crippen molar-refractivity contribution in [2.75, 3.05) is 19.7 Å². The minimum atomic E-state index is -0.190. The minimum absolute atomic E-state index is 0.00255. The van der Waals surface area contributed by atoms with E-state index in [1.165, 1.54) is 0 Å². The van der Waals surface area contributed by atoms with Crippen molar-refractivity contribution in [3.05, 3.63) is 47.4 Å². The summed E-state index contributed by atoms with van der Waals surface area (Å²) in [7, 11) is 0. The molecule has 5 heterocycles. The van der Waals surface area contributed by atoms with Gasteiger partial charge >= 0.3 is 0 Å². The summed E-state index contributed by atoms with van der Waals surface area (Å²) in [5, 5.41) is 8.03. The molecule has 1 amide bonds. The van der Waals surface area contributed by atoms with Crippen LogP contribution in [-0.2, 0) is 11.2 Å². The maximum atomic E-state index is 13.0. The summed E-state index contributed by atoms with van der Waals surface area (Å²) in [6.07, 6.45) is 7.74. The Morgan fingerprint density at radius 2 is 2.06 bits per heavy atom. The summed E-state index contributed by atoms with van der Waals surface area (Å²) in [4.78, 5) is 23.5. The first-order valence-electron chi connectivity index (χ1n) is 11.1. The number of carbonyl (C=O) groups is 1. The maximum absolute atomic E-state index is 13.0. The van der Waals surface area contributed by atoms with Crippen LogP contribution in [0.1, 0.15) is 53.4 Å². The molecule has 0 aliphatic carbocycles. The summed E-state index contributed by atoms with van der Waals surface area (Å²) in [5.41, 5.74) is 1.89. The highest BCUT2D eigenvalue weighted by Crippen LogP contribution is 2.39. The zero-order valence-electron chi connectivity index (χ0n) is 18.4. The molecule has 168 valence electrons. The molecule has 0 bridgehead atoms. The van der Waals surface area contributed by atoms with Crippen LogP contribution < -0.4 is 0 Å². The van der Waals surface area contributed by atoms with Gasteiger partial charge in [0, 0.05) is 44.1 Å². The summed E-state index contributed by atoms with van der Waals surface area (Å²) in [6.45, 7) is 5.64. The van der Waals surface area contributed by atoms with Gasteiger partial charge in [-0.25, -0.2) is 0 Å². The standard InChI is InChI=1S/C23H27N5O4/c1-15-20(16(2)31-26-15)22(29)28-9-6-23(7-10-28)13-17(5-11-30-23)12-19-25-21(27-32-19)18-4-3-8-24-14-18/h3-4,8,14,17H,5-7,9-13H2,1-2H3.